The minimum absolute atomic E-state index is 0.587. The zero-order valence-electron chi connectivity index (χ0n) is 14.6. The predicted octanol–water partition coefficient (Wildman–Crippen LogP) is 4.38. The minimum atomic E-state index is -2.77. The Hall–Kier alpha value is -1.66. The van der Waals surface area contributed by atoms with E-state index in [-0.39, 0.29) is 0 Å². The number of nitrogens with zero attached hydrogens (tertiary/aromatic N) is 1. The van der Waals surface area contributed by atoms with E-state index in [1.54, 1.807) is 0 Å². The third kappa shape index (κ3) is 3.12. The van der Waals surface area contributed by atoms with E-state index in [0.29, 0.717) is 26.0 Å². The lowest BCUT2D eigenvalue weighted by molar-refractivity contribution is 0.0657. The highest BCUT2D eigenvalue weighted by Crippen LogP contribution is 2.30. The summed E-state index contributed by atoms with van der Waals surface area (Å²) in [6.07, 6.45) is 0.622. The number of hydrogen-bond acceptors (Lipinski definition) is 3. The molecule has 0 saturated heterocycles. The Labute approximate surface area is 144 Å². The molecule has 1 heterocycles. The van der Waals surface area contributed by atoms with Crippen LogP contribution in [0.5, 0.6) is 0 Å². The van der Waals surface area contributed by atoms with Gasteiger partial charge >= 0.3 is 8.80 Å². The van der Waals surface area contributed by atoms with Gasteiger partial charge < -0.3 is 17.8 Å². The van der Waals surface area contributed by atoms with Crippen molar-refractivity contribution in [1.29, 1.82) is 0 Å². The fourth-order valence-corrected chi connectivity index (χ4v) is 5.86. The van der Waals surface area contributed by atoms with Gasteiger partial charge in [-0.3, -0.25) is 0 Å². The monoisotopic (exact) mass is 343 g/mol. The number of aromatic nitrogens is 1. The van der Waals surface area contributed by atoms with Gasteiger partial charge in [-0.05, 0) is 32.9 Å². The van der Waals surface area contributed by atoms with Crippen LogP contribution in [-0.2, 0) is 19.4 Å². The van der Waals surface area contributed by atoms with Crippen molar-refractivity contribution < 1.29 is 13.3 Å². The molecule has 2 aromatic carbocycles. The Morgan fingerprint density at radius 2 is 1.12 bits per heavy atom. The van der Waals surface area contributed by atoms with Gasteiger partial charge in [0.05, 0.1) is 6.17 Å². The summed E-state index contributed by atoms with van der Waals surface area (Å²) in [6, 6.07) is 16.9. The van der Waals surface area contributed by atoms with Crippen molar-refractivity contribution in [1.82, 2.24) is 4.57 Å². The van der Waals surface area contributed by atoms with Crippen molar-refractivity contribution in [2.45, 2.75) is 26.9 Å². The average Bonchev–Trinajstić information content (AvgIpc) is 2.90. The van der Waals surface area contributed by atoms with Gasteiger partial charge in [0.2, 0.25) is 0 Å². The largest absolute Gasteiger partial charge is 0.521 e. The average molecular weight is 343 g/mol. The first-order valence-corrected chi connectivity index (χ1v) is 10.6. The summed E-state index contributed by atoms with van der Waals surface area (Å²) < 4.78 is 20.5. The van der Waals surface area contributed by atoms with E-state index >= 15 is 0 Å². The molecule has 3 rings (SSSR count). The van der Waals surface area contributed by atoms with Crippen molar-refractivity contribution in [3.05, 3.63) is 48.5 Å². The summed E-state index contributed by atoms with van der Waals surface area (Å²) >= 11 is 0. The molecule has 1 aromatic heterocycles. The number of benzene rings is 2. The molecule has 0 N–H and O–H groups in total. The summed E-state index contributed by atoms with van der Waals surface area (Å²) in [5, 5.41) is 2.50. The van der Waals surface area contributed by atoms with Gasteiger partial charge in [-0.1, -0.05) is 36.4 Å². The summed E-state index contributed by atoms with van der Waals surface area (Å²) in [6.45, 7) is 7.74. The van der Waals surface area contributed by atoms with Crippen LogP contribution in [0.25, 0.3) is 21.8 Å². The van der Waals surface area contributed by atoms with Crippen LogP contribution >= 0.6 is 0 Å². The van der Waals surface area contributed by atoms with Crippen LogP contribution in [-0.4, -0.2) is 33.2 Å². The van der Waals surface area contributed by atoms with Crippen LogP contribution in [0, 0.1) is 0 Å². The molecule has 0 bridgehead atoms. The normalized spacial score (nSPS) is 12.3. The molecule has 3 aromatic rings. The maximum absolute atomic E-state index is 6.06. The third-order valence-electron chi connectivity index (χ3n) is 4.12. The number of fused-ring (bicyclic) bond motifs is 3. The van der Waals surface area contributed by atoms with Crippen LogP contribution in [0.2, 0.25) is 0 Å². The van der Waals surface area contributed by atoms with Gasteiger partial charge in [0.1, 0.15) is 0 Å². The molecular weight excluding hydrogens is 318 g/mol. The lowest BCUT2D eigenvalue weighted by Crippen LogP contribution is -2.50. The first-order chi connectivity index (χ1) is 11.7. The van der Waals surface area contributed by atoms with Gasteiger partial charge in [-0.15, -0.1) is 0 Å². The summed E-state index contributed by atoms with van der Waals surface area (Å²) in [7, 11) is -2.77. The molecule has 24 heavy (non-hydrogen) atoms. The highest BCUT2D eigenvalue weighted by Gasteiger charge is 2.41. The second-order valence-corrected chi connectivity index (χ2v) is 8.15. The van der Waals surface area contributed by atoms with E-state index < -0.39 is 8.80 Å². The van der Waals surface area contributed by atoms with E-state index in [1.165, 1.54) is 21.8 Å². The lowest BCUT2D eigenvalue weighted by Gasteiger charge is -2.29. The van der Waals surface area contributed by atoms with E-state index in [9.17, 15) is 0 Å². The third-order valence-corrected chi connectivity index (χ3v) is 7.01. The van der Waals surface area contributed by atoms with Crippen molar-refractivity contribution in [3.63, 3.8) is 0 Å². The van der Waals surface area contributed by atoms with Crippen LogP contribution in [0.4, 0.5) is 0 Å². The fraction of sp³-hybridized carbons (Fsp3) is 0.368. The Kier molecular flexibility index (Phi) is 5.35. The van der Waals surface area contributed by atoms with Crippen LogP contribution < -0.4 is 0 Å². The van der Waals surface area contributed by atoms with Crippen LogP contribution in [0.3, 0.4) is 0 Å². The maximum atomic E-state index is 6.06. The SMILES string of the molecule is CCO[Si](Cn1c2ccccc2c2ccccc21)(OCC)OCC. The van der Waals surface area contributed by atoms with Gasteiger partial charge in [0.15, 0.2) is 0 Å². The number of rotatable bonds is 8. The van der Waals surface area contributed by atoms with Gasteiger partial charge in [-0.2, -0.15) is 0 Å². The van der Waals surface area contributed by atoms with Crippen molar-refractivity contribution in [2.24, 2.45) is 0 Å². The molecule has 128 valence electrons. The first-order valence-electron chi connectivity index (χ1n) is 8.62. The smallest absolute Gasteiger partial charge is 0.373 e. The zero-order chi connectivity index (χ0) is 17.0. The second-order valence-electron chi connectivity index (χ2n) is 5.60. The quantitative estimate of drug-likeness (QED) is 0.569. The second kappa shape index (κ2) is 7.48. The Balaban J connectivity index is 2.15. The topological polar surface area (TPSA) is 32.6 Å². The van der Waals surface area contributed by atoms with Crippen LogP contribution in [0.1, 0.15) is 20.8 Å². The van der Waals surface area contributed by atoms with Gasteiger partial charge in [0, 0.05) is 41.6 Å². The fourth-order valence-electron chi connectivity index (χ4n) is 3.29. The summed E-state index contributed by atoms with van der Waals surface area (Å²) in [5.74, 6) is 0. The Bertz CT molecular complexity index is 744. The highest BCUT2D eigenvalue weighted by molar-refractivity contribution is 6.59. The standard InChI is InChI=1S/C19H25NO3Si/c1-4-21-24(22-5-2,23-6-3)15-20-18-13-9-7-11-16(18)17-12-8-10-14-19(17)20/h7-14H,4-6,15H2,1-3H3. The van der Waals surface area contributed by atoms with E-state index in [1.807, 2.05) is 20.8 Å². The molecule has 0 saturated carbocycles. The predicted molar refractivity (Wildman–Crippen MR) is 100 cm³/mol. The molecule has 0 amide bonds. The number of para-hydroxylation sites is 2. The van der Waals surface area contributed by atoms with Gasteiger partial charge in [-0.25, -0.2) is 0 Å². The maximum Gasteiger partial charge on any atom is 0.521 e. The Morgan fingerprint density at radius 3 is 1.54 bits per heavy atom. The molecule has 0 aliphatic heterocycles. The van der Waals surface area contributed by atoms with Crippen molar-refractivity contribution >= 4 is 30.6 Å². The lowest BCUT2D eigenvalue weighted by atomic mass is 10.2. The zero-order valence-corrected chi connectivity index (χ0v) is 15.6. The van der Waals surface area contributed by atoms with E-state index in [2.05, 4.69) is 53.1 Å². The molecule has 0 radical (unpaired) electrons. The molecule has 0 aliphatic rings. The summed E-state index contributed by atoms with van der Waals surface area (Å²) in [5.41, 5.74) is 2.38. The molecule has 0 fully saturated rings. The molecule has 4 nitrogen and oxygen atoms in total. The van der Waals surface area contributed by atoms with Gasteiger partial charge in [0.25, 0.3) is 0 Å². The van der Waals surface area contributed by atoms with Crippen molar-refractivity contribution in [3.8, 4) is 0 Å². The summed E-state index contributed by atoms with van der Waals surface area (Å²) in [4.78, 5) is 0. The molecule has 0 atom stereocenters. The molecule has 0 aliphatic carbocycles. The van der Waals surface area contributed by atoms with E-state index in [4.69, 9.17) is 13.3 Å². The van der Waals surface area contributed by atoms with Crippen LogP contribution in [0.15, 0.2) is 48.5 Å². The molecular formula is C19H25NO3Si. The van der Waals surface area contributed by atoms with E-state index in [0.717, 1.165) is 0 Å². The molecule has 0 unspecified atom stereocenters. The molecule has 5 heteroatoms. The molecule has 0 spiro atoms. The minimum Gasteiger partial charge on any atom is -0.373 e. The van der Waals surface area contributed by atoms with Crippen molar-refractivity contribution in [2.75, 3.05) is 19.8 Å². The number of hydrogen-bond donors (Lipinski definition) is 0. The first kappa shape index (κ1) is 17.2. The highest BCUT2D eigenvalue weighted by atomic mass is 28.4. The Morgan fingerprint density at radius 1 is 0.708 bits per heavy atom.